The Morgan fingerprint density at radius 1 is 1.53 bits per heavy atom. The van der Waals surface area contributed by atoms with Crippen LogP contribution in [-0.2, 0) is 15.3 Å². The highest BCUT2D eigenvalue weighted by Gasteiger charge is 2.13. The van der Waals surface area contributed by atoms with Gasteiger partial charge < -0.3 is 4.74 Å². The molecule has 0 spiro atoms. The average molecular weight is 277 g/mol. The Bertz CT molecular complexity index is 525. The molecule has 0 radical (unpaired) electrons. The maximum absolute atomic E-state index is 11.3. The SMILES string of the molecule is COC(=O)[C@H](C)SCc1ccc(-n2ccnc2)nc1. The number of pyridine rings is 1. The van der Waals surface area contributed by atoms with Crippen LogP contribution in [0.5, 0.6) is 0 Å². The summed E-state index contributed by atoms with van der Waals surface area (Å²) in [6.45, 7) is 1.84. The van der Waals surface area contributed by atoms with Crippen LogP contribution in [0.4, 0.5) is 0 Å². The number of methoxy groups -OCH3 is 1. The number of ether oxygens (including phenoxy) is 1. The molecule has 0 saturated carbocycles. The van der Waals surface area contributed by atoms with Crippen LogP contribution in [-0.4, -0.2) is 32.9 Å². The van der Waals surface area contributed by atoms with Gasteiger partial charge in [-0.05, 0) is 18.6 Å². The number of aromatic nitrogens is 3. The van der Waals surface area contributed by atoms with E-state index in [-0.39, 0.29) is 11.2 Å². The van der Waals surface area contributed by atoms with Crippen LogP contribution < -0.4 is 0 Å². The lowest BCUT2D eigenvalue weighted by molar-refractivity contribution is -0.139. The summed E-state index contributed by atoms with van der Waals surface area (Å²) in [5.74, 6) is 1.35. The molecule has 0 aliphatic carbocycles. The van der Waals surface area contributed by atoms with Gasteiger partial charge in [0.2, 0.25) is 0 Å². The van der Waals surface area contributed by atoms with Crippen LogP contribution in [0, 0.1) is 0 Å². The van der Waals surface area contributed by atoms with E-state index < -0.39 is 0 Å². The van der Waals surface area contributed by atoms with Crippen LogP contribution in [0.2, 0.25) is 0 Å². The van der Waals surface area contributed by atoms with Crippen molar-refractivity contribution in [1.82, 2.24) is 14.5 Å². The van der Waals surface area contributed by atoms with Crippen molar-refractivity contribution in [2.24, 2.45) is 0 Å². The minimum Gasteiger partial charge on any atom is -0.468 e. The van der Waals surface area contributed by atoms with Crippen molar-refractivity contribution in [3.8, 4) is 5.82 Å². The van der Waals surface area contributed by atoms with E-state index in [4.69, 9.17) is 0 Å². The van der Waals surface area contributed by atoms with Gasteiger partial charge in [-0.15, -0.1) is 11.8 Å². The quantitative estimate of drug-likeness (QED) is 0.783. The predicted molar refractivity (Wildman–Crippen MR) is 74.1 cm³/mol. The summed E-state index contributed by atoms with van der Waals surface area (Å²) in [6.07, 6.45) is 7.07. The van der Waals surface area contributed by atoms with Crippen molar-refractivity contribution >= 4 is 17.7 Å². The smallest absolute Gasteiger partial charge is 0.318 e. The van der Waals surface area contributed by atoms with Crippen molar-refractivity contribution in [3.63, 3.8) is 0 Å². The lowest BCUT2D eigenvalue weighted by Crippen LogP contribution is -2.14. The van der Waals surface area contributed by atoms with Crippen LogP contribution in [0.25, 0.3) is 5.82 Å². The minimum absolute atomic E-state index is 0.168. The van der Waals surface area contributed by atoms with E-state index in [9.17, 15) is 4.79 Å². The molecular formula is C13H15N3O2S. The monoisotopic (exact) mass is 277 g/mol. The van der Waals surface area contributed by atoms with Crippen molar-refractivity contribution < 1.29 is 9.53 Å². The number of hydrogen-bond donors (Lipinski definition) is 0. The Labute approximate surface area is 116 Å². The Kier molecular flexibility index (Phi) is 4.57. The first-order valence-corrected chi connectivity index (χ1v) is 6.88. The highest BCUT2D eigenvalue weighted by Crippen LogP contribution is 2.18. The Morgan fingerprint density at radius 3 is 2.95 bits per heavy atom. The first-order valence-electron chi connectivity index (χ1n) is 5.83. The van der Waals surface area contributed by atoms with Crippen LogP contribution >= 0.6 is 11.8 Å². The molecular weight excluding hydrogens is 262 g/mol. The summed E-state index contributed by atoms with van der Waals surface area (Å²) >= 11 is 1.53. The molecule has 2 heterocycles. The van der Waals surface area contributed by atoms with Gasteiger partial charge in [0.15, 0.2) is 0 Å². The van der Waals surface area contributed by atoms with E-state index in [1.165, 1.54) is 18.9 Å². The molecule has 0 fully saturated rings. The van der Waals surface area contributed by atoms with Crippen molar-refractivity contribution in [1.29, 1.82) is 0 Å². The number of hydrogen-bond acceptors (Lipinski definition) is 5. The third-order valence-electron chi connectivity index (χ3n) is 2.61. The Hall–Kier alpha value is -1.82. The molecule has 0 saturated heterocycles. The number of imidazole rings is 1. The van der Waals surface area contributed by atoms with Gasteiger partial charge in [-0.3, -0.25) is 9.36 Å². The Balaban J connectivity index is 1.94. The number of esters is 1. The fraction of sp³-hybridized carbons (Fsp3) is 0.308. The molecule has 0 bridgehead atoms. The summed E-state index contributed by atoms with van der Waals surface area (Å²) in [4.78, 5) is 19.6. The largest absolute Gasteiger partial charge is 0.468 e. The highest BCUT2D eigenvalue weighted by atomic mass is 32.2. The summed E-state index contributed by atoms with van der Waals surface area (Å²) in [5, 5.41) is -0.168. The summed E-state index contributed by atoms with van der Waals surface area (Å²) in [6, 6.07) is 3.93. The molecule has 5 nitrogen and oxygen atoms in total. The first-order chi connectivity index (χ1) is 9.20. The maximum Gasteiger partial charge on any atom is 0.318 e. The fourth-order valence-electron chi connectivity index (χ4n) is 1.50. The molecule has 1 atom stereocenters. The van der Waals surface area contributed by atoms with Crippen LogP contribution in [0.1, 0.15) is 12.5 Å². The van der Waals surface area contributed by atoms with Crippen LogP contribution in [0.3, 0.4) is 0 Å². The fourth-order valence-corrected chi connectivity index (χ4v) is 2.35. The number of carbonyl (C=O) groups is 1. The molecule has 19 heavy (non-hydrogen) atoms. The topological polar surface area (TPSA) is 57.0 Å². The van der Waals surface area contributed by atoms with E-state index in [1.807, 2.05) is 36.0 Å². The second-order valence-corrected chi connectivity index (χ2v) is 5.30. The number of nitrogens with zero attached hydrogens (tertiary/aromatic N) is 3. The van der Waals surface area contributed by atoms with E-state index >= 15 is 0 Å². The highest BCUT2D eigenvalue weighted by molar-refractivity contribution is 7.99. The normalized spacial score (nSPS) is 12.1. The maximum atomic E-state index is 11.3. The Morgan fingerprint density at radius 2 is 2.37 bits per heavy atom. The van der Waals surface area contributed by atoms with Crippen LogP contribution in [0.15, 0.2) is 37.1 Å². The summed E-state index contributed by atoms with van der Waals surface area (Å²) < 4.78 is 6.52. The molecule has 0 aromatic carbocycles. The van der Waals surface area contributed by atoms with Gasteiger partial charge in [-0.1, -0.05) is 6.07 Å². The minimum atomic E-state index is -0.201. The molecule has 100 valence electrons. The molecule has 0 amide bonds. The first kappa shape index (κ1) is 13.6. The average Bonchev–Trinajstić information content (AvgIpc) is 2.98. The van der Waals surface area contributed by atoms with Crippen molar-refractivity contribution in [2.45, 2.75) is 17.9 Å². The van der Waals surface area contributed by atoms with Crippen molar-refractivity contribution in [2.75, 3.05) is 7.11 Å². The second kappa shape index (κ2) is 6.38. The van der Waals surface area contributed by atoms with Gasteiger partial charge in [0.25, 0.3) is 0 Å². The number of thioether (sulfide) groups is 1. The van der Waals surface area contributed by atoms with E-state index in [0.29, 0.717) is 0 Å². The standard InChI is InChI=1S/C13H15N3O2S/c1-10(13(17)18-2)19-8-11-3-4-12(15-7-11)16-6-5-14-9-16/h3-7,9-10H,8H2,1-2H3/t10-/m0/s1. The molecule has 0 aliphatic heterocycles. The zero-order valence-electron chi connectivity index (χ0n) is 10.8. The van der Waals surface area contributed by atoms with Gasteiger partial charge in [0, 0.05) is 24.3 Å². The molecule has 0 unspecified atom stereocenters. The third-order valence-corrected chi connectivity index (χ3v) is 3.80. The zero-order chi connectivity index (χ0) is 13.7. The molecule has 0 aliphatic rings. The number of rotatable bonds is 5. The zero-order valence-corrected chi connectivity index (χ0v) is 11.6. The summed E-state index contributed by atoms with van der Waals surface area (Å²) in [7, 11) is 1.40. The lowest BCUT2D eigenvalue weighted by Gasteiger charge is -2.08. The van der Waals surface area contributed by atoms with Gasteiger partial charge in [-0.2, -0.15) is 0 Å². The lowest BCUT2D eigenvalue weighted by atomic mass is 10.3. The molecule has 6 heteroatoms. The van der Waals surface area contributed by atoms with Gasteiger partial charge in [-0.25, -0.2) is 9.97 Å². The van der Waals surface area contributed by atoms with E-state index in [1.54, 1.807) is 12.5 Å². The number of carbonyl (C=O) groups excluding carboxylic acids is 1. The second-order valence-electron chi connectivity index (χ2n) is 3.97. The van der Waals surface area contributed by atoms with Crippen molar-refractivity contribution in [3.05, 3.63) is 42.6 Å². The summed E-state index contributed by atoms with van der Waals surface area (Å²) in [5.41, 5.74) is 1.07. The molecule has 0 N–H and O–H groups in total. The third kappa shape index (κ3) is 3.57. The van der Waals surface area contributed by atoms with Gasteiger partial charge in [0.1, 0.15) is 12.1 Å². The van der Waals surface area contributed by atoms with E-state index in [2.05, 4.69) is 14.7 Å². The molecule has 2 aromatic heterocycles. The van der Waals surface area contributed by atoms with Gasteiger partial charge in [0.05, 0.1) is 12.4 Å². The molecule has 2 aromatic rings. The predicted octanol–water partition coefficient (Wildman–Crippen LogP) is 2.06. The van der Waals surface area contributed by atoms with Gasteiger partial charge >= 0.3 is 5.97 Å². The molecule has 2 rings (SSSR count). The van der Waals surface area contributed by atoms with E-state index in [0.717, 1.165) is 17.1 Å².